The minimum Gasteiger partial charge on any atom is -0.288 e. The van der Waals surface area contributed by atoms with Gasteiger partial charge in [0, 0.05) is 6.54 Å². The molecule has 0 spiro atoms. The van der Waals surface area contributed by atoms with Gasteiger partial charge in [0.2, 0.25) is 30.1 Å². The van der Waals surface area contributed by atoms with Gasteiger partial charge >= 0.3 is 0 Å². The van der Waals surface area contributed by atoms with Crippen molar-refractivity contribution in [2.24, 2.45) is 5.14 Å². The van der Waals surface area contributed by atoms with Gasteiger partial charge in [-0.15, -0.1) is 0 Å². The summed E-state index contributed by atoms with van der Waals surface area (Å²) >= 11 is 0. The molecular weight excluding hydrogens is 356 g/mol. The van der Waals surface area contributed by atoms with Crippen LogP contribution in [0.25, 0.3) is 0 Å². The van der Waals surface area contributed by atoms with E-state index in [-0.39, 0.29) is 36.9 Å². The third kappa shape index (κ3) is 11.3. The predicted octanol–water partition coefficient (Wildman–Crippen LogP) is -2.59. The summed E-state index contributed by atoms with van der Waals surface area (Å²) < 4.78 is 71.9. The van der Waals surface area contributed by atoms with Crippen LogP contribution in [-0.2, 0) is 30.1 Å². The Labute approximate surface area is 132 Å². The Morgan fingerprint density at radius 1 is 0.818 bits per heavy atom. The third-order valence-corrected chi connectivity index (χ3v) is 6.33. The van der Waals surface area contributed by atoms with Crippen LogP contribution in [0, 0.1) is 0 Å². The molecule has 0 saturated heterocycles. The zero-order valence-corrected chi connectivity index (χ0v) is 15.1. The lowest BCUT2D eigenvalue weighted by Crippen LogP contribution is -2.40. The molecular formula is C9H24N4O6S3. The van der Waals surface area contributed by atoms with Gasteiger partial charge in [-0.1, -0.05) is 0 Å². The standard InChI is InChI=1S/C9H24N4O6S3/c1-11-21(16,17)8-6-13(9-22(18,19)12-2)5-3-4-7-20(10,14)15/h11-12H,3-9H2,1-2H3,(H2,10,14,15). The van der Waals surface area contributed by atoms with Crippen LogP contribution < -0.4 is 14.6 Å². The summed E-state index contributed by atoms with van der Waals surface area (Å²) in [6.45, 7) is 0.259. The van der Waals surface area contributed by atoms with Crippen molar-refractivity contribution in [2.45, 2.75) is 12.8 Å². The van der Waals surface area contributed by atoms with Crippen molar-refractivity contribution < 1.29 is 25.3 Å². The molecule has 0 heterocycles. The molecule has 0 atom stereocenters. The van der Waals surface area contributed by atoms with Gasteiger partial charge in [0.1, 0.15) is 5.88 Å². The van der Waals surface area contributed by atoms with Crippen LogP contribution in [0.5, 0.6) is 0 Å². The monoisotopic (exact) mass is 380 g/mol. The van der Waals surface area contributed by atoms with E-state index in [9.17, 15) is 25.3 Å². The molecule has 22 heavy (non-hydrogen) atoms. The van der Waals surface area contributed by atoms with Gasteiger partial charge in [0.25, 0.3) is 0 Å². The fourth-order valence-corrected chi connectivity index (χ4v) is 3.71. The van der Waals surface area contributed by atoms with Gasteiger partial charge in [0.05, 0.1) is 11.5 Å². The van der Waals surface area contributed by atoms with Crippen LogP contribution in [0.4, 0.5) is 0 Å². The van der Waals surface area contributed by atoms with Crippen molar-refractivity contribution in [3.8, 4) is 0 Å². The van der Waals surface area contributed by atoms with Crippen LogP contribution >= 0.6 is 0 Å². The van der Waals surface area contributed by atoms with Gasteiger partial charge in [-0.2, -0.15) is 0 Å². The first-order chi connectivity index (χ1) is 9.91. The van der Waals surface area contributed by atoms with Crippen LogP contribution in [0.2, 0.25) is 0 Å². The first kappa shape index (κ1) is 21.7. The lowest BCUT2D eigenvalue weighted by Gasteiger charge is -2.21. The number of primary sulfonamides is 1. The summed E-state index contributed by atoms with van der Waals surface area (Å²) in [4.78, 5) is 1.43. The largest absolute Gasteiger partial charge is 0.288 e. The highest BCUT2D eigenvalue weighted by atomic mass is 32.2. The third-order valence-electron chi connectivity index (χ3n) is 2.80. The quantitative estimate of drug-likeness (QED) is 0.314. The average Bonchev–Trinajstić information content (AvgIpc) is 2.39. The molecule has 0 aromatic heterocycles. The molecule has 0 radical (unpaired) electrons. The van der Waals surface area contributed by atoms with E-state index in [0.717, 1.165) is 0 Å². The number of nitrogens with one attached hydrogen (secondary N) is 2. The van der Waals surface area contributed by atoms with Crippen molar-refractivity contribution in [1.29, 1.82) is 0 Å². The number of nitrogens with zero attached hydrogens (tertiary/aromatic N) is 1. The van der Waals surface area contributed by atoms with Crippen molar-refractivity contribution in [3.05, 3.63) is 0 Å². The van der Waals surface area contributed by atoms with Crippen LogP contribution in [0.15, 0.2) is 0 Å². The maximum absolute atomic E-state index is 11.6. The fourth-order valence-electron chi connectivity index (χ4n) is 1.54. The number of rotatable bonds is 12. The molecule has 0 aliphatic heterocycles. The van der Waals surface area contributed by atoms with Gasteiger partial charge in [-0.3, -0.25) is 4.90 Å². The summed E-state index contributed by atoms with van der Waals surface area (Å²) in [6.07, 6.45) is 0.656. The molecule has 0 aromatic rings. The lowest BCUT2D eigenvalue weighted by atomic mass is 10.3. The molecule has 0 bridgehead atoms. The molecule has 0 rings (SSSR count). The zero-order valence-electron chi connectivity index (χ0n) is 12.6. The number of hydrogen-bond donors (Lipinski definition) is 3. The molecule has 0 fully saturated rings. The van der Waals surface area contributed by atoms with E-state index in [1.807, 2.05) is 0 Å². The molecule has 0 aliphatic rings. The number of hydrogen-bond acceptors (Lipinski definition) is 7. The second-order valence-corrected chi connectivity index (χ2v) is 10.3. The van der Waals surface area contributed by atoms with Crippen molar-refractivity contribution in [3.63, 3.8) is 0 Å². The van der Waals surface area contributed by atoms with Crippen molar-refractivity contribution >= 4 is 30.1 Å². The Balaban J connectivity index is 4.59. The van der Waals surface area contributed by atoms with Gasteiger partial charge < -0.3 is 0 Å². The number of unbranched alkanes of at least 4 members (excludes halogenated alkanes) is 1. The summed E-state index contributed by atoms with van der Waals surface area (Å²) in [5.41, 5.74) is 0. The Bertz CT molecular complexity index is 628. The minimum absolute atomic E-state index is 0.0134. The van der Waals surface area contributed by atoms with Gasteiger partial charge in [-0.05, 0) is 33.5 Å². The van der Waals surface area contributed by atoms with E-state index >= 15 is 0 Å². The first-order valence-corrected chi connectivity index (χ1v) is 11.5. The second-order valence-electron chi connectivity index (χ2n) is 4.66. The molecule has 0 aliphatic carbocycles. The molecule has 0 aromatic carbocycles. The Hall–Kier alpha value is -0.310. The fraction of sp³-hybridized carbons (Fsp3) is 1.00. The molecule has 4 N–H and O–H groups in total. The summed E-state index contributed by atoms with van der Waals surface area (Å²) in [7, 11) is -8.01. The predicted molar refractivity (Wildman–Crippen MR) is 84.5 cm³/mol. The Kier molecular flexibility index (Phi) is 8.97. The van der Waals surface area contributed by atoms with E-state index in [0.29, 0.717) is 6.42 Å². The maximum atomic E-state index is 11.6. The van der Waals surface area contributed by atoms with Crippen LogP contribution in [0.3, 0.4) is 0 Å². The molecule has 0 unspecified atom stereocenters. The Morgan fingerprint density at radius 3 is 1.82 bits per heavy atom. The van der Waals surface area contributed by atoms with Gasteiger partial charge in [0.15, 0.2) is 0 Å². The highest BCUT2D eigenvalue weighted by Crippen LogP contribution is 2.01. The van der Waals surface area contributed by atoms with Crippen molar-refractivity contribution in [1.82, 2.24) is 14.3 Å². The highest BCUT2D eigenvalue weighted by Gasteiger charge is 2.17. The van der Waals surface area contributed by atoms with E-state index in [1.54, 1.807) is 0 Å². The summed E-state index contributed by atoms with van der Waals surface area (Å²) in [5.74, 6) is -0.815. The second kappa shape index (κ2) is 9.10. The molecule has 0 amide bonds. The SMILES string of the molecule is CNS(=O)(=O)CCN(CCCCS(N)(=O)=O)CS(=O)(=O)NC. The molecule has 134 valence electrons. The average molecular weight is 381 g/mol. The number of sulfonamides is 3. The molecule has 10 nitrogen and oxygen atoms in total. The lowest BCUT2D eigenvalue weighted by molar-refractivity contribution is 0.323. The van der Waals surface area contributed by atoms with E-state index in [1.165, 1.54) is 19.0 Å². The minimum atomic E-state index is -3.56. The van der Waals surface area contributed by atoms with E-state index < -0.39 is 30.1 Å². The summed E-state index contributed by atoms with van der Waals surface area (Å²) in [5, 5.41) is 4.87. The highest BCUT2D eigenvalue weighted by molar-refractivity contribution is 7.89. The van der Waals surface area contributed by atoms with Crippen LogP contribution in [0.1, 0.15) is 12.8 Å². The van der Waals surface area contributed by atoms with E-state index in [2.05, 4.69) is 9.44 Å². The smallest absolute Gasteiger partial charge is 0.224 e. The van der Waals surface area contributed by atoms with Crippen molar-refractivity contribution in [2.75, 3.05) is 44.6 Å². The summed E-state index contributed by atoms with van der Waals surface area (Å²) in [6, 6.07) is 0. The Morgan fingerprint density at radius 2 is 1.36 bits per heavy atom. The van der Waals surface area contributed by atoms with Crippen LogP contribution in [-0.4, -0.2) is 74.7 Å². The topological polar surface area (TPSA) is 156 Å². The van der Waals surface area contributed by atoms with Gasteiger partial charge in [-0.25, -0.2) is 39.8 Å². The maximum Gasteiger partial charge on any atom is 0.224 e. The first-order valence-electron chi connectivity index (χ1n) is 6.46. The zero-order chi connectivity index (χ0) is 17.4. The number of nitrogens with two attached hydrogens (primary N) is 1. The normalized spacial score (nSPS) is 13.6. The molecule has 0 saturated carbocycles. The molecule has 13 heteroatoms. The van der Waals surface area contributed by atoms with E-state index in [4.69, 9.17) is 5.14 Å².